The fraction of sp³-hybridized carbons (Fsp3) is 0.294. The zero-order valence-electron chi connectivity index (χ0n) is 12.7. The van der Waals surface area contributed by atoms with Crippen molar-refractivity contribution in [2.75, 3.05) is 24.5 Å². The Kier molecular flexibility index (Phi) is 4.90. The van der Waals surface area contributed by atoms with Gasteiger partial charge in [-0.15, -0.1) is 0 Å². The first kappa shape index (κ1) is 16.3. The second-order valence-electron chi connectivity index (χ2n) is 5.65. The van der Waals surface area contributed by atoms with Crippen molar-refractivity contribution >= 4 is 27.3 Å². The molecule has 0 aliphatic carbocycles. The van der Waals surface area contributed by atoms with Crippen LogP contribution in [0.4, 0.5) is 5.69 Å². The van der Waals surface area contributed by atoms with Gasteiger partial charge in [0.25, 0.3) is 0 Å². The normalized spacial score (nSPS) is 14.0. The largest absolute Gasteiger partial charge is 0.370 e. The molecule has 1 aliphatic rings. The summed E-state index contributed by atoms with van der Waals surface area (Å²) in [4.78, 5) is 2.22. The lowest BCUT2D eigenvalue weighted by Crippen LogP contribution is -2.34. The average Bonchev–Trinajstić information content (AvgIpc) is 2.93. The van der Waals surface area contributed by atoms with Gasteiger partial charge in [-0.2, -0.15) is 0 Å². The van der Waals surface area contributed by atoms with Gasteiger partial charge in [-0.3, -0.25) is 0 Å². The van der Waals surface area contributed by atoms with E-state index in [1.165, 1.54) is 11.3 Å². The molecule has 0 bridgehead atoms. The van der Waals surface area contributed by atoms with E-state index in [0.717, 1.165) is 18.5 Å². The van der Waals surface area contributed by atoms with Gasteiger partial charge in [0.15, 0.2) is 0 Å². The second kappa shape index (κ2) is 6.91. The van der Waals surface area contributed by atoms with E-state index in [2.05, 4.69) is 21.8 Å². The Bertz CT molecular complexity index is 775. The molecule has 0 amide bonds. The predicted molar refractivity (Wildman–Crippen MR) is 94.4 cm³/mol. The van der Waals surface area contributed by atoms with Crippen molar-refractivity contribution in [3.63, 3.8) is 0 Å². The number of para-hydroxylation sites is 1. The molecule has 1 aliphatic heterocycles. The van der Waals surface area contributed by atoms with Crippen molar-refractivity contribution in [3.05, 3.63) is 64.7 Å². The standard InChI is InChI=1S/C17H19ClN2O2S/c18-16-7-5-14(6-8-16)13-23(21,22)19-10-12-20-11-9-15-3-1-2-4-17(15)20/h1-8,19H,9-13H2. The average molecular weight is 351 g/mol. The number of fused-ring (bicyclic) bond motifs is 1. The SMILES string of the molecule is O=S(=O)(Cc1ccc(Cl)cc1)NCCN1CCc2ccccc21. The molecule has 2 aromatic carbocycles. The van der Waals surface area contributed by atoms with Crippen LogP contribution < -0.4 is 9.62 Å². The van der Waals surface area contributed by atoms with Crippen LogP contribution in [0.5, 0.6) is 0 Å². The highest BCUT2D eigenvalue weighted by atomic mass is 35.5. The Morgan fingerprint density at radius 1 is 1.09 bits per heavy atom. The molecule has 4 nitrogen and oxygen atoms in total. The van der Waals surface area contributed by atoms with Crippen LogP contribution in [0.15, 0.2) is 48.5 Å². The Morgan fingerprint density at radius 2 is 1.83 bits per heavy atom. The third-order valence-electron chi connectivity index (χ3n) is 3.96. The van der Waals surface area contributed by atoms with E-state index in [4.69, 9.17) is 11.6 Å². The predicted octanol–water partition coefficient (Wildman–Crippen LogP) is 2.82. The molecule has 0 atom stereocenters. The molecule has 2 aromatic rings. The van der Waals surface area contributed by atoms with Gasteiger partial charge < -0.3 is 4.90 Å². The number of nitrogens with one attached hydrogen (secondary N) is 1. The molecule has 0 spiro atoms. The maximum atomic E-state index is 12.1. The van der Waals surface area contributed by atoms with Crippen molar-refractivity contribution < 1.29 is 8.42 Å². The third kappa shape index (κ3) is 4.25. The summed E-state index contributed by atoms with van der Waals surface area (Å²) in [6.07, 6.45) is 1.02. The summed E-state index contributed by atoms with van der Waals surface area (Å²) in [6, 6.07) is 15.1. The quantitative estimate of drug-likeness (QED) is 0.871. The fourth-order valence-electron chi connectivity index (χ4n) is 2.83. The lowest BCUT2D eigenvalue weighted by molar-refractivity contribution is 0.580. The maximum Gasteiger partial charge on any atom is 0.215 e. The van der Waals surface area contributed by atoms with Gasteiger partial charge in [-0.1, -0.05) is 41.9 Å². The maximum absolute atomic E-state index is 12.1. The molecule has 0 unspecified atom stereocenters. The molecule has 0 saturated carbocycles. The molecule has 122 valence electrons. The van der Waals surface area contributed by atoms with Gasteiger partial charge in [0.05, 0.1) is 5.75 Å². The van der Waals surface area contributed by atoms with E-state index in [1.54, 1.807) is 24.3 Å². The number of benzene rings is 2. The highest BCUT2D eigenvalue weighted by Gasteiger charge is 2.18. The van der Waals surface area contributed by atoms with E-state index >= 15 is 0 Å². The summed E-state index contributed by atoms with van der Waals surface area (Å²) in [5.74, 6) is -0.0270. The Hall–Kier alpha value is -1.56. The molecule has 1 heterocycles. The molecule has 0 fully saturated rings. The van der Waals surface area contributed by atoms with Crippen molar-refractivity contribution in [3.8, 4) is 0 Å². The van der Waals surface area contributed by atoms with Crippen LogP contribution in [0.1, 0.15) is 11.1 Å². The van der Waals surface area contributed by atoms with E-state index in [0.29, 0.717) is 18.1 Å². The smallest absolute Gasteiger partial charge is 0.215 e. The Labute approximate surface area is 142 Å². The number of hydrogen-bond acceptors (Lipinski definition) is 3. The van der Waals surface area contributed by atoms with E-state index < -0.39 is 10.0 Å². The highest BCUT2D eigenvalue weighted by molar-refractivity contribution is 7.88. The number of halogens is 1. The van der Waals surface area contributed by atoms with Crippen molar-refractivity contribution in [1.82, 2.24) is 4.72 Å². The third-order valence-corrected chi connectivity index (χ3v) is 5.57. The number of sulfonamides is 1. The van der Waals surface area contributed by atoms with Crippen LogP contribution in [0, 0.1) is 0 Å². The Balaban J connectivity index is 1.53. The van der Waals surface area contributed by atoms with Gasteiger partial charge in [0.2, 0.25) is 10.0 Å². The molecular formula is C17H19ClN2O2S. The Morgan fingerprint density at radius 3 is 2.61 bits per heavy atom. The minimum atomic E-state index is -3.34. The lowest BCUT2D eigenvalue weighted by atomic mass is 10.2. The molecule has 1 N–H and O–H groups in total. The van der Waals surface area contributed by atoms with Crippen molar-refractivity contribution in [1.29, 1.82) is 0 Å². The van der Waals surface area contributed by atoms with E-state index in [9.17, 15) is 8.42 Å². The first-order valence-electron chi connectivity index (χ1n) is 7.58. The van der Waals surface area contributed by atoms with Crippen LogP contribution in [-0.2, 0) is 22.2 Å². The van der Waals surface area contributed by atoms with Crippen LogP contribution in [0.2, 0.25) is 5.02 Å². The molecule has 0 aromatic heterocycles. The summed E-state index contributed by atoms with van der Waals surface area (Å²) in [5, 5.41) is 0.604. The van der Waals surface area contributed by atoms with E-state index in [1.807, 2.05) is 12.1 Å². The number of nitrogens with zero attached hydrogens (tertiary/aromatic N) is 1. The molecule has 0 radical (unpaired) electrons. The summed E-state index contributed by atoms with van der Waals surface area (Å²) in [6.45, 7) is 2.03. The monoisotopic (exact) mass is 350 g/mol. The first-order valence-corrected chi connectivity index (χ1v) is 9.61. The molecular weight excluding hydrogens is 332 g/mol. The van der Waals surface area contributed by atoms with Gasteiger partial charge in [0.1, 0.15) is 0 Å². The minimum absolute atomic E-state index is 0.0270. The highest BCUT2D eigenvalue weighted by Crippen LogP contribution is 2.26. The summed E-state index contributed by atoms with van der Waals surface area (Å²) >= 11 is 5.81. The van der Waals surface area contributed by atoms with Crippen LogP contribution in [0.3, 0.4) is 0 Å². The fourth-order valence-corrected chi connectivity index (χ4v) is 4.09. The minimum Gasteiger partial charge on any atom is -0.370 e. The van der Waals surface area contributed by atoms with Crippen molar-refractivity contribution in [2.45, 2.75) is 12.2 Å². The zero-order chi connectivity index (χ0) is 16.3. The van der Waals surface area contributed by atoms with Crippen LogP contribution >= 0.6 is 11.6 Å². The molecule has 6 heteroatoms. The molecule has 0 saturated heterocycles. The number of hydrogen-bond donors (Lipinski definition) is 1. The number of rotatable bonds is 6. The van der Waals surface area contributed by atoms with Crippen LogP contribution in [0.25, 0.3) is 0 Å². The second-order valence-corrected chi connectivity index (χ2v) is 7.89. The van der Waals surface area contributed by atoms with Crippen molar-refractivity contribution in [2.24, 2.45) is 0 Å². The lowest BCUT2D eigenvalue weighted by Gasteiger charge is -2.19. The zero-order valence-corrected chi connectivity index (χ0v) is 14.3. The van der Waals surface area contributed by atoms with Gasteiger partial charge in [-0.05, 0) is 35.7 Å². The van der Waals surface area contributed by atoms with Crippen LogP contribution in [-0.4, -0.2) is 28.1 Å². The molecule has 3 rings (SSSR count). The van der Waals surface area contributed by atoms with Gasteiger partial charge >= 0.3 is 0 Å². The van der Waals surface area contributed by atoms with Gasteiger partial charge in [-0.25, -0.2) is 13.1 Å². The van der Waals surface area contributed by atoms with Gasteiger partial charge in [0, 0.05) is 30.3 Å². The summed E-state index contributed by atoms with van der Waals surface area (Å²) < 4.78 is 27.0. The first-order chi connectivity index (χ1) is 11.0. The number of anilines is 1. The van der Waals surface area contributed by atoms with E-state index in [-0.39, 0.29) is 5.75 Å². The summed E-state index contributed by atoms with van der Waals surface area (Å²) in [5.41, 5.74) is 3.27. The molecule has 23 heavy (non-hydrogen) atoms. The topological polar surface area (TPSA) is 49.4 Å². The summed E-state index contributed by atoms with van der Waals surface area (Å²) in [7, 11) is -3.34.